The first-order valence-corrected chi connectivity index (χ1v) is 12.4. The second-order valence-electron chi connectivity index (χ2n) is 7.73. The van der Waals surface area contributed by atoms with Gasteiger partial charge in [-0.2, -0.15) is 0 Å². The number of hydrogen-bond donors (Lipinski definition) is 0. The molecule has 0 radical (unpaired) electrons. The Morgan fingerprint density at radius 3 is 1.46 bits per heavy atom. The lowest BCUT2D eigenvalue weighted by Gasteiger charge is -2.00. The van der Waals surface area contributed by atoms with E-state index in [0.717, 1.165) is 22.4 Å². The molecule has 2 aromatic carbocycles. The van der Waals surface area contributed by atoms with E-state index in [1.807, 2.05) is 104 Å². The van der Waals surface area contributed by atoms with Crippen LogP contribution in [0.2, 0.25) is 0 Å². The van der Waals surface area contributed by atoms with Crippen LogP contribution in [0.4, 0.5) is 0 Å². The normalized spacial score (nSPS) is 10.8. The maximum absolute atomic E-state index is 4.31. The number of aliphatic imine (C=N–C) groups is 1. The fourth-order valence-corrected chi connectivity index (χ4v) is 2.23. The number of allylic oxidation sites excluding steroid dienone is 7. The summed E-state index contributed by atoms with van der Waals surface area (Å²) in [6, 6.07) is 18.7. The van der Waals surface area contributed by atoms with Crippen LogP contribution in [-0.4, -0.2) is 5.71 Å². The van der Waals surface area contributed by atoms with E-state index in [0.29, 0.717) is 0 Å². The van der Waals surface area contributed by atoms with E-state index < -0.39 is 0 Å². The van der Waals surface area contributed by atoms with E-state index in [1.54, 1.807) is 0 Å². The minimum absolute atomic E-state index is 0.962. The quantitative estimate of drug-likeness (QED) is 0.238. The largest absolute Gasteiger partial charge is 0.261 e. The molecule has 0 heterocycles. The van der Waals surface area contributed by atoms with Gasteiger partial charge in [0.2, 0.25) is 0 Å². The summed E-state index contributed by atoms with van der Waals surface area (Å²) in [5.41, 5.74) is 8.18. The molecule has 2 rings (SSSR count). The zero-order valence-electron chi connectivity index (χ0n) is 24.4. The highest BCUT2D eigenvalue weighted by Gasteiger charge is 1.93. The van der Waals surface area contributed by atoms with Crippen molar-refractivity contribution in [3.63, 3.8) is 0 Å². The fraction of sp³-hybridized carbons (Fsp3) is 0.324. The van der Waals surface area contributed by atoms with Crippen LogP contribution in [0.25, 0.3) is 0 Å². The van der Waals surface area contributed by atoms with Crippen LogP contribution in [0.1, 0.15) is 72.1 Å². The Bertz CT molecular complexity index is 901. The summed E-state index contributed by atoms with van der Waals surface area (Å²) in [6.45, 7) is 29.8. The van der Waals surface area contributed by atoms with Crippen molar-refractivity contribution in [1.82, 2.24) is 0 Å². The van der Waals surface area contributed by atoms with Crippen LogP contribution < -0.4 is 0 Å². The molecule has 0 amide bonds. The molecule has 2 aromatic rings. The van der Waals surface area contributed by atoms with Gasteiger partial charge in [-0.05, 0) is 79.0 Å². The summed E-state index contributed by atoms with van der Waals surface area (Å²) < 4.78 is 0. The molecule has 0 N–H and O–H groups in total. The van der Waals surface area contributed by atoms with Gasteiger partial charge in [0, 0.05) is 11.9 Å². The SMILES string of the molecule is C/C=C\C.C=CC(=C\C)/C(C)=C/N=C(C)C(=C)C.CC.Cc1cccc(C)c1.Cc1ccccc1. The predicted octanol–water partition coefficient (Wildman–Crippen LogP) is 11.0. The van der Waals surface area contributed by atoms with Crippen LogP contribution in [0.15, 0.2) is 120 Å². The maximum Gasteiger partial charge on any atom is 0.0395 e. The topological polar surface area (TPSA) is 12.4 Å². The van der Waals surface area contributed by atoms with E-state index in [2.05, 4.69) is 75.3 Å². The van der Waals surface area contributed by atoms with Crippen molar-refractivity contribution in [2.75, 3.05) is 0 Å². The van der Waals surface area contributed by atoms with Gasteiger partial charge in [0.15, 0.2) is 0 Å². The first-order chi connectivity index (χ1) is 16.6. The fourth-order valence-electron chi connectivity index (χ4n) is 2.23. The van der Waals surface area contributed by atoms with Gasteiger partial charge >= 0.3 is 0 Å². The van der Waals surface area contributed by atoms with Gasteiger partial charge in [-0.15, -0.1) is 0 Å². The molecule has 0 aliphatic heterocycles. The molecule has 1 heteroatoms. The number of aryl methyl sites for hydroxylation is 3. The zero-order valence-corrected chi connectivity index (χ0v) is 24.4. The Hall–Kier alpha value is -3.19. The van der Waals surface area contributed by atoms with Gasteiger partial charge in [-0.1, -0.05) is 123 Å². The van der Waals surface area contributed by atoms with Crippen molar-refractivity contribution < 1.29 is 0 Å². The lowest BCUT2D eigenvalue weighted by molar-refractivity contribution is 1.34. The third-order valence-corrected chi connectivity index (χ3v) is 4.50. The van der Waals surface area contributed by atoms with Crippen molar-refractivity contribution in [1.29, 1.82) is 0 Å². The standard InChI is InChI=1S/C13H19N.C8H10.C7H8.C4H8.C2H6/c1-7-13(8-2)11(5)9-14-12(6)10(3)4;1-7-4-3-5-8(2)6-7;1-7-5-3-2-4-6-7;1-3-4-2;1-2/h7-9H,1,3H2,2,4-6H3;3-6H,1-2H3;2-6H,1H3;3-4H,1-2H3;1-2H3/b11-9+,13-8+,14-12?;;;4-3-;. The molecule has 1 nitrogen and oxygen atoms in total. The Labute approximate surface area is 218 Å². The molecule has 0 saturated heterocycles. The Kier molecular flexibility index (Phi) is 26.4. The maximum atomic E-state index is 4.31. The Morgan fingerprint density at radius 2 is 1.20 bits per heavy atom. The summed E-state index contributed by atoms with van der Waals surface area (Å²) in [7, 11) is 0. The second kappa shape index (κ2) is 25.4. The van der Waals surface area contributed by atoms with E-state index in [1.165, 1.54) is 16.7 Å². The van der Waals surface area contributed by atoms with E-state index in [4.69, 9.17) is 0 Å². The molecule has 0 unspecified atom stereocenters. The summed E-state index contributed by atoms with van der Waals surface area (Å²) >= 11 is 0. The summed E-state index contributed by atoms with van der Waals surface area (Å²) in [5, 5.41) is 0. The molecular formula is C34H51N. The van der Waals surface area contributed by atoms with Crippen molar-refractivity contribution in [2.45, 2.75) is 76.2 Å². The van der Waals surface area contributed by atoms with E-state index in [9.17, 15) is 0 Å². The minimum Gasteiger partial charge on any atom is -0.261 e. The lowest BCUT2D eigenvalue weighted by atomic mass is 10.1. The van der Waals surface area contributed by atoms with Gasteiger partial charge in [0.05, 0.1) is 0 Å². The monoisotopic (exact) mass is 473 g/mol. The molecule has 0 fully saturated rings. The van der Waals surface area contributed by atoms with Gasteiger partial charge in [0.1, 0.15) is 0 Å². The van der Waals surface area contributed by atoms with Crippen molar-refractivity contribution in [3.8, 4) is 0 Å². The van der Waals surface area contributed by atoms with E-state index in [-0.39, 0.29) is 0 Å². The van der Waals surface area contributed by atoms with Gasteiger partial charge < -0.3 is 0 Å². The molecule has 0 bridgehead atoms. The number of hydrogen-bond acceptors (Lipinski definition) is 1. The smallest absolute Gasteiger partial charge is 0.0395 e. The van der Waals surface area contributed by atoms with Crippen LogP contribution >= 0.6 is 0 Å². The Morgan fingerprint density at radius 1 is 0.743 bits per heavy atom. The third kappa shape index (κ3) is 23.8. The van der Waals surface area contributed by atoms with Gasteiger partial charge in [-0.3, -0.25) is 4.99 Å². The van der Waals surface area contributed by atoms with Crippen LogP contribution in [0, 0.1) is 20.8 Å². The summed E-state index contributed by atoms with van der Waals surface area (Å²) in [5.74, 6) is 0. The predicted molar refractivity (Wildman–Crippen MR) is 165 cm³/mol. The van der Waals surface area contributed by atoms with Crippen molar-refractivity contribution in [3.05, 3.63) is 132 Å². The average Bonchev–Trinajstić information content (AvgIpc) is 2.85. The second-order valence-corrected chi connectivity index (χ2v) is 7.73. The number of nitrogens with zero attached hydrogens (tertiary/aromatic N) is 1. The van der Waals surface area contributed by atoms with Crippen molar-refractivity contribution >= 4 is 5.71 Å². The van der Waals surface area contributed by atoms with Crippen LogP contribution in [0.5, 0.6) is 0 Å². The van der Waals surface area contributed by atoms with Crippen LogP contribution in [0.3, 0.4) is 0 Å². The van der Waals surface area contributed by atoms with Crippen LogP contribution in [-0.2, 0) is 0 Å². The molecule has 0 atom stereocenters. The summed E-state index contributed by atoms with van der Waals surface area (Å²) in [6.07, 6.45) is 9.70. The van der Waals surface area contributed by atoms with Gasteiger partial charge in [-0.25, -0.2) is 0 Å². The summed E-state index contributed by atoms with van der Waals surface area (Å²) in [4.78, 5) is 4.31. The Balaban J connectivity index is -0.000000414. The molecular weight excluding hydrogens is 422 g/mol. The lowest BCUT2D eigenvalue weighted by Crippen LogP contribution is -1.90. The molecule has 0 aliphatic rings. The number of benzene rings is 2. The molecule has 35 heavy (non-hydrogen) atoms. The van der Waals surface area contributed by atoms with Crippen molar-refractivity contribution in [2.24, 2.45) is 4.99 Å². The molecule has 192 valence electrons. The van der Waals surface area contributed by atoms with Gasteiger partial charge in [0.25, 0.3) is 0 Å². The third-order valence-electron chi connectivity index (χ3n) is 4.50. The highest BCUT2D eigenvalue weighted by molar-refractivity contribution is 5.97. The van der Waals surface area contributed by atoms with E-state index >= 15 is 0 Å². The first-order valence-electron chi connectivity index (χ1n) is 12.4. The average molecular weight is 474 g/mol. The molecule has 0 saturated carbocycles. The molecule has 0 aromatic heterocycles. The molecule has 0 aliphatic carbocycles. The minimum atomic E-state index is 0.962. The molecule has 0 spiro atoms. The number of rotatable bonds is 4. The zero-order chi connectivity index (χ0) is 27.6. The highest BCUT2D eigenvalue weighted by atomic mass is 14.7. The first kappa shape index (κ1) is 36.4. The highest BCUT2D eigenvalue weighted by Crippen LogP contribution is 2.10.